The van der Waals surface area contributed by atoms with Crippen LogP contribution in [-0.4, -0.2) is 22.4 Å². The van der Waals surface area contributed by atoms with Gasteiger partial charge in [0.1, 0.15) is 12.2 Å². The molecule has 0 unspecified atom stereocenters. The molecule has 0 aromatic heterocycles. The predicted octanol–water partition coefficient (Wildman–Crippen LogP) is 2.56. The summed E-state index contributed by atoms with van der Waals surface area (Å²) in [6, 6.07) is 0. The molecule has 2 heteroatoms. The maximum Gasteiger partial charge on any atom is 0.105 e. The van der Waals surface area contributed by atoms with Gasteiger partial charge in [0.2, 0.25) is 0 Å². The fourth-order valence-electron chi connectivity index (χ4n) is 1.88. The maximum atomic E-state index is 9.67. The van der Waals surface area contributed by atoms with E-state index in [9.17, 15) is 10.2 Å². The molecule has 0 bridgehead atoms. The van der Waals surface area contributed by atoms with E-state index in [0.717, 1.165) is 18.4 Å². The molecule has 1 aliphatic carbocycles. The highest BCUT2D eigenvalue weighted by molar-refractivity contribution is 5.25. The van der Waals surface area contributed by atoms with E-state index in [1.54, 1.807) is 6.08 Å². The van der Waals surface area contributed by atoms with Crippen molar-refractivity contribution in [2.75, 3.05) is 0 Å². The van der Waals surface area contributed by atoms with Crippen LogP contribution in [0.2, 0.25) is 0 Å². The number of hydrogen-bond donors (Lipinski definition) is 2. The van der Waals surface area contributed by atoms with Crippen molar-refractivity contribution in [3.8, 4) is 0 Å². The first-order valence-corrected chi connectivity index (χ1v) is 5.99. The summed E-state index contributed by atoms with van der Waals surface area (Å²) in [7, 11) is 0. The minimum atomic E-state index is -0.708. The lowest BCUT2D eigenvalue weighted by Gasteiger charge is -2.21. The van der Waals surface area contributed by atoms with Crippen LogP contribution in [0.1, 0.15) is 45.4 Å². The molecule has 0 fully saturated rings. The topological polar surface area (TPSA) is 40.5 Å². The molecule has 0 radical (unpaired) electrons. The Balaban J connectivity index is 2.20. The van der Waals surface area contributed by atoms with E-state index in [0.29, 0.717) is 0 Å². The highest BCUT2D eigenvalue weighted by Crippen LogP contribution is 2.20. The van der Waals surface area contributed by atoms with Crippen LogP contribution in [0.4, 0.5) is 0 Å². The minimum absolute atomic E-state index is 0.679. The van der Waals surface area contributed by atoms with Crippen molar-refractivity contribution in [3.05, 3.63) is 23.8 Å². The third-order valence-electron chi connectivity index (χ3n) is 2.89. The Labute approximate surface area is 92.3 Å². The summed E-state index contributed by atoms with van der Waals surface area (Å²) in [5.74, 6) is 0. The molecule has 0 amide bonds. The zero-order valence-corrected chi connectivity index (χ0v) is 9.52. The molecule has 0 aliphatic heterocycles. The molecule has 1 rings (SSSR count). The van der Waals surface area contributed by atoms with E-state index in [1.165, 1.54) is 25.7 Å². The molecule has 0 saturated heterocycles. The van der Waals surface area contributed by atoms with Gasteiger partial charge in [0.15, 0.2) is 0 Å². The van der Waals surface area contributed by atoms with Gasteiger partial charge >= 0.3 is 0 Å². The van der Waals surface area contributed by atoms with Gasteiger partial charge in [-0.2, -0.15) is 0 Å². The van der Waals surface area contributed by atoms with Gasteiger partial charge in [-0.05, 0) is 18.4 Å². The van der Waals surface area contributed by atoms with Crippen LogP contribution in [0.5, 0.6) is 0 Å². The summed E-state index contributed by atoms with van der Waals surface area (Å²) in [5.41, 5.74) is 0.974. The lowest BCUT2D eigenvalue weighted by atomic mass is 9.94. The van der Waals surface area contributed by atoms with E-state index in [4.69, 9.17) is 0 Å². The van der Waals surface area contributed by atoms with Gasteiger partial charge in [-0.15, -0.1) is 0 Å². The maximum absolute atomic E-state index is 9.67. The van der Waals surface area contributed by atoms with Gasteiger partial charge in [-0.1, -0.05) is 50.8 Å². The summed E-state index contributed by atoms with van der Waals surface area (Å²) >= 11 is 0. The summed E-state index contributed by atoms with van der Waals surface area (Å²) < 4.78 is 0. The zero-order valence-electron chi connectivity index (χ0n) is 9.52. The van der Waals surface area contributed by atoms with Gasteiger partial charge in [-0.25, -0.2) is 0 Å². The molecule has 1 aliphatic rings. The Morgan fingerprint density at radius 3 is 2.60 bits per heavy atom. The Hall–Kier alpha value is -0.600. The van der Waals surface area contributed by atoms with Crippen molar-refractivity contribution in [1.29, 1.82) is 0 Å². The molecule has 0 aromatic carbocycles. The molecule has 15 heavy (non-hydrogen) atoms. The first kappa shape index (κ1) is 12.5. The molecular weight excluding hydrogens is 188 g/mol. The van der Waals surface area contributed by atoms with E-state index in [-0.39, 0.29) is 0 Å². The zero-order chi connectivity index (χ0) is 11.1. The Bertz CT molecular complexity index is 231. The second-order valence-electron chi connectivity index (χ2n) is 4.23. The molecule has 0 spiro atoms. The van der Waals surface area contributed by atoms with Crippen LogP contribution in [0, 0.1) is 0 Å². The van der Waals surface area contributed by atoms with Crippen molar-refractivity contribution >= 4 is 0 Å². The van der Waals surface area contributed by atoms with Crippen LogP contribution >= 0.6 is 0 Å². The van der Waals surface area contributed by atoms with Gasteiger partial charge in [0.25, 0.3) is 0 Å². The van der Waals surface area contributed by atoms with Crippen molar-refractivity contribution in [2.24, 2.45) is 0 Å². The predicted molar refractivity (Wildman–Crippen MR) is 62.6 cm³/mol. The van der Waals surface area contributed by atoms with Crippen molar-refractivity contribution in [2.45, 2.75) is 57.7 Å². The van der Waals surface area contributed by atoms with Crippen LogP contribution in [0.15, 0.2) is 23.8 Å². The fraction of sp³-hybridized carbons (Fsp3) is 0.692. The average molecular weight is 210 g/mol. The summed E-state index contributed by atoms with van der Waals surface area (Å²) in [6.07, 6.45) is 11.1. The molecule has 0 heterocycles. The van der Waals surface area contributed by atoms with Crippen LogP contribution in [-0.2, 0) is 0 Å². The molecule has 0 aromatic rings. The first-order chi connectivity index (χ1) is 7.25. The quantitative estimate of drug-likeness (QED) is 0.661. The van der Waals surface area contributed by atoms with Crippen molar-refractivity contribution in [3.63, 3.8) is 0 Å². The largest absolute Gasteiger partial charge is 0.386 e. The molecule has 2 N–H and O–H groups in total. The second-order valence-corrected chi connectivity index (χ2v) is 4.23. The van der Waals surface area contributed by atoms with E-state index in [1.807, 2.05) is 12.2 Å². The number of aliphatic hydroxyl groups excluding tert-OH is 2. The van der Waals surface area contributed by atoms with E-state index >= 15 is 0 Å². The third kappa shape index (κ3) is 4.18. The molecule has 86 valence electrons. The Morgan fingerprint density at radius 1 is 1.13 bits per heavy atom. The van der Waals surface area contributed by atoms with E-state index < -0.39 is 12.2 Å². The van der Waals surface area contributed by atoms with Gasteiger partial charge in [0, 0.05) is 0 Å². The molecule has 2 atom stereocenters. The Morgan fingerprint density at radius 2 is 1.87 bits per heavy atom. The Kier molecular flexibility index (Phi) is 5.66. The van der Waals surface area contributed by atoms with Gasteiger partial charge in [0.05, 0.1) is 0 Å². The number of hydrogen-bond acceptors (Lipinski definition) is 2. The number of aliphatic hydroxyl groups is 2. The fourth-order valence-corrected chi connectivity index (χ4v) is 1.88. The summed E-state index contributed by atoms with van der Waals surface area (Å²) in [6.45, 7) is 2.20. The SMILES string of the molecule is CCCCCCCC1=CC=C[C@@H](O)[C@H]1O. The highest BCUT2D eigenvalue weighted by Gasteiger charge is 2.19. The number of rotatable bonds is 6. The number of allylic oxidation sites excluding steroid dienone is 2. The summed E-state index contributed by atoms with van der Waals surface area (Å²) in [5, 5.41) is 19.1. The van der Waals surface area contributed by atoms with Crippen LogP contribution < -0.4 is 0 Å². The van der Waals surface area contributed by atoms with Crippen molar-refractivity contribution < 1.29 is 10.2 Å². The first-order valence-electron chi connectivity index (χ1n) is 5.99. The average Bonchev–Trinajstić information content (AvgIpc) is 2.24. The monoisotopic (exact) mass is 210 g/mol. The second kappa shape index (κ2) is 6.81. The van der Waals surface area contributed by atoms with Crippen molar-refractivity contribution in [1.82, 2.24) is 0 Å². The van der Waals surface area contributed by atoms with Gasteiger partial charge < -0.3 is 10.2 Å². The molecule has 0 saturated carbocycles. The minimum Gasteiger partial charge on any atom is -0.386 e. The number of unbranched alkanes of at least 4 members (excludes halogenated alkanes) is 4. The normalized spacial score (nSPS) is 25.4. The third-order valence-corrected chi connectivity index (χ3v) is 2.89. The standard InChI is InChI=1S/C13H22O2/c1-2-3-4-5-6-8-11-9-7-10-12(14)13(11)15/h7,9-10,12-15H,2-6,8H2,1H3/t12-,13+/m1/s1. The summed E-state index contributed by atoms with van der Waals surface area (Å²) in [4.78, 5) is 0. The smallest absolute Gasteiger partial charge is 0.105 e. The molecular formula is C13H22O2. The lowest BCUT2D eigenvalue weighted by molar-refractivity contribution is 0.0690. The lowest BCUT2D eigenvalue weighted by Crippen LogP contribution is -2.27. The van der Waals surface area contributed by atoms with Gasteiger partial charge in [-0.3, -0.25) is 0 Å². The van der Waals surface area contributed by atoms with E-state index in [2.05, 4.69) is 6.92 Å². The molecule has 2 nitrogen and oxygen atoms in total. The van der Waals surface area contributed by atoms with Crippen LogP contribution in [0.3, 0.4) is 0 Å². The highest BCUT2D eigenvalue weighted by atomic mass is 16.3. The van der Waals surface area contributed by atoms with Crippen LogP contribution in [0.25, 0.3) is 0 Å².